The van der Waals surface area contributed by atoms with Crippen LogP contribution in [0.3, 0.4) is 0 Å². The number of ether oxygens (including phenoxy) is 4. The second-order valence-corrected chi connectivity index (χ2v) is 5.92. The Bertz CT molecular complexity index is 258. The lowest BCUT2D eigenvalue weighted by atomic mass is 9.84. The molecule has 0 unspecified atom stereocenters. The predicted octanol–water partition coefficient (Wildman–Crippen LogP) is 2.38. The van der Waals surface area contributed by atoms with Crippen molar-refractivity contribution in [3.05, 3.63) is 12.7 Å². The Kier molecular flexibility index (Phi) is 5.01. The number of hydrogen-bond donors (Lipinski definition) is 0. The Hall–Kier alpha value is -0.420. The van der Waals surface area contributed by atoms with E-state index in [0.717, 1.165) is 39.3 Å². The molecule has 0 atom stereocenters. The molecule has 2 fully saturated rings. The first kappa shape index (κ1) is 15.0. The first-order chi connectivity index (χ1) is 9.17. The lowest BCUT2D eigenvalue weighted by molar-refractivity contribution is -0.220. The van der Waals surface area contributed by atoms with Crippen LogP contribution in [0.4, 0.5) is 0 Å². The van der Waals surface area contributed by atoms with Gasteiger partial charge in [0, 0.05) is 10.8 Å². The van der Waals surface area contributed by atoms with Gasteiger partial charge in [-0.1, -0.05) is 20.4 Å². The van der Waals surface area contributed by atoms with Crippen LogP contribution in [0.25, 0.3) is 0 Å². The maximum Gasteiger partial charge on any atom is 0.176 e. The second kappa shape index (κ2) is 6.35. The average molecular weight is 270 g/mol. The molecule has 110 valence electrons. The zero-order valence-electron chi connectivity index (χ0n) is 12.2. The van der Waals surface area contributed by atoms with Gasteiger partial charge in [0.1, 0.15) is 0 Å². The van der Waals surface area contributed by atoms with E-state index in [-0.39, 0.29) is 17.1 Å². The summed E-state index contributed by atoms with van der Waals surface area (Å²) in [6.07, 6.45) is 3.55. The molecule has 0 saturated carbocycles. The van der Waals surface area contributed by atoms with Crippen molar-refractivity contribution in [2.24, 2.45) is 10.8 Å². The van der Waals surface area contributed by atoms with Crippen LogP contribution in [0, 0.1) is 10.8 Å². The summed E-state index contributed by atoms with van der Waals surface area (Å²) in [6.45, 7) is 12.7. The summed E-state index contributed by atoms with van der Waals surface area (Å²) in [5.41, 5.74) is 0.374. The highest BCUT2D eigenvalue weighted by Crippen LogP contribution is 2.33. The summed E-state index contributed by atoms with van der Waals surface area (Å²) in [7, 11) is 0. The first-order valence-electron chi connectivity index (χ1n) is 7.19. The van der Waals surface area contributed by atoms with Crippen molar-refractivity contribution >= 4 is 0 Å². The maximum atomic E-state index is 5.84. The molecule has 0 amide bonds. The lowest BCUT2D eigenvalue weighted by Gasteiger charge is -2.42. The summed E-state index contributed by atoms with van der Waals surface area (Å²) >= 11 is 0. The van der Waals surface area contributed by atoms with Crippen LogP contribution in [-0.2, 0) is 18.9 Å². The Balaban J connectivity index is 1.72. The van der Waals surface area contributed by atoms with E-state index in [2.05, 4.69) is 20.4 Å². The molecule has 4 nitrogen and oxygen atoms in total. The minimum absolute atomic E-state index is 0.187. The van der Waals surface area contributed by atoms with Crippen LogP contribution in [0.1, 0.15) is 26.7 Å². The second-order valence-electron chi connectivity index (χ2n) is 5.92. The van der Waals surface area contributed by atoms with Crippen molar-refractivity contribution in [2.75, 3.05) is 39.6 Å². The molecule has 0 aromatic rings. The van der Waals surface area contributed by atoms with Gasteiger partial charge in [0.25, 0.3) is 0 Å². The van der Waals surface area contributed by atoms with Crippen molar-refractivity contribution in [1.29, 1.82) is 0 Å². The van der Waals surface area contributed by atoms with Crippen LogP contribution >= 0.6 is 0 Å². The van der Waals surface area contributed by atoms with Crippen LogP contribution in [0.2, 0.25) is 0 Å². The van der Waals surface area contributed by atoms with Crippen LogP contribution in [-0.4, -0.2) is 45.9 Å². The van der Waals surface area contributed by atoms with Crippen molar-refractivity contribution in [3.63, 3.8) is 0 Å². The molecule has 0 aromatic heterocycles. The van der Waals surface area contributed by atoms with Crippen LogP contribution in [0.15, 0.2) is 12.7 Å². The van der Waals surface area contributed by atoms with Crippen molar-refractivity contribution in [1.82, 2.24) is 0 Å². The minimum Gasteiger partial charge on any atom is -0.380 e. The topological polar surface area (TPSA) is 36.9 Å². The average Bonchev–Trinajstić information content (AvgIpc) is 2.34. The molecule has 0 aliphatic carbocycles. The summed E-state index contributed by atoms with van der Waals surface area (Å²) in [5, 5.41) is 0. The van der Waals surface area contributed by atoms with E-state index in [1.807, 2.05) is 0 Å². The third-order valence-electron chi connectivity index (χ3n) is 4.43. The predicted molar refractivity (Wildman–Crippen MR) is 73.0 cm³/mol. The lowest BCUT2D eigenvalue weighted by Crippen LogP contribution is -2.48. The SMILES string of the molecule is C=CC(OCC1(CC)COC1)OCC1(CC)COC1. The molecular weight excluding hydrogens is 244 g/mol. The molecule has 4 heteroatoms. The van der Waals surface area contributed by atoms with Gasteiger partial charge >= 0.3 is 0 Å². The Morgan fingerprint density at radius 3 is 1.63 bits per heavy atom. The minimum atomic E-state index is -0.326. The highest BCUT2D eigenvalue weighted by molar-refractivity contribution is 4.87. The molecular formula is C15H26O4. The molecule has 0 radical (unpaired) electrons. The normalized spacial score (nSPS) is 23.7. The van der Waals surface area contributed by atoms with E-state index in [9.17, 15) is 0 Å². The standard InChI is InChI=1S/C15H26O4/c1-4-13(18-11-14(5-2)7-16-8-14)19-12-15(6-3)9-17-10-15/h4,13H,1,5-12H2,2-3H3. The quantitative estimate of drug-likeness (QED) is 0.476. The highest BCUT2D eigenvalue weighted by atomic mass is 16.7. The van der Waals surface area contributed by atoms with E-state index in [1.54, 1.807) is 6.08 Å². The third-order valence-corrected chi connectivity index (χ3v) is 4.43. The fourth-order valence-corrected chi connectivity index (χ4v) is 2.26. The zero-order chi connectivity index (χ0) is 13.8. The number of hydrogen-bond acceptors (Lipinski definition) is 4. The van der Waals surface area contributed by atoms with Gasteiger partial charge in [0.15, 0.2) is 6.29 Å². The van der Waals surface area contributed by atoms with Crippen molar-refractivity contribution in [3.8, 4) is 0 Å². The van der Waals surface area contributed by atoms with Gasteiger partial charge in [-0.3, -0.25) is 0 Å². The largest absolute Gasteiger partial charge is 0.380 e. The molecule has 2 saturated heterocycles. The van der Waals surface area contributed by atoms with Crippen LogP contribution in [0.5, 0.6) is 0 Å². The van der Waals surface area contributed by atoms with Crippen molar-refractivity contribution < 1.29 is 18.9 Å². The fraction of sp³-hybridized carbons (Fsp3) is 0.867. The van der Waals surface area contributed by atoms with E-state index in [1.165, 1.54) is 0 Å². The molecule has 2 aliphatic rings. The van der Waals surface area contributed by atoms with Gasteiger partial charge in [0.05, 0.1) is 39.6 Å². The molecule has 0 N–H and O–H groups in total. The van der Waals surface area contributed by atoms with E-state index in [0.29, 0.717) is 13.2 Å². The highest BCUT2D eigenvalue weighted by Gasteiger charge is 2.39. The van der Waals surface area contributed by atoms with Gasteiger partial charge in [0.2, 0.25) is 0 Å². The Morgan fingerprint density at radius 2 is 1.42 bits per heavy atom. The Morgan fingerprint density at radius 1 is 1.00 bits per heavy atom. The summed E-state index contributed by atoms with van der Waals surface area (Å²) in [6, 6.07) is 0. The monoisotopic (exact) mass is 270 g/mol. The van der Waals surface area contributed by atoms with E-state index in [4.69, 9.17) is 18.9 Å². The molecule has 0 bridgehead atoms. The summed E-state index contributed by atoms with van der Waals surface area (Å²) in [5.74, 6) is 0. The molecule has 19 heavy (non-hydrogen) atoms. The molecule has 0 aromatic carbocycles. The van der Waals surface area contributed by atoms with Gasteiger partial charge < -0.3 is 18.9 Å². The Labute approximate surface area is 116 Å². The van der Waals surface area contributed by atoms with E-state index >= 15 is 0 Å². The number of rotatable bonds is 9. The third kappa shape index (κ3) is 3.37. The molecule has 2 aliphatic heterocycles. The van der Waals surface area contributed by atoms with Gasteiger partial charge in [-0.05, 0) is 18.9 Å². The smallest absolute Gasteiger partial charge is 0.176 e. The zero-order valence-corrected chi connectivity index (χ0v) is 12.2. The fourth-order valence-electron chi connectivity index (χ4n) is 2.26. The van der Waals surface area contributed by atoms with Crippen LogP contribution < -0.4 is 0 Å². The maximum absolute atomic E-state index is 5.84. The molecule has 0 spiro atoms. The summed E-state index contributed by atoms with van der Waals surface area (Å²) < 4.78 is 22.3. The van der Waals surface area contributed by atoms with Gasteiger partial charge in [-0.25, -0.2) is 0 Å². The first-order valence-corrected chi connectivity index (χ1v) is 7.19. The molecule has 2 heterocycles. The van der Waals surface area contributed by atoms with Crippen molar-refractivity contribution in [2.45, 2.75) is 33.0 Å². The molecule has 2 rings (SSSR count). The summed E-state index contributed by atoms with van der Waals surface area (Å²) in [4.78, 5) is 0. The van der Waals surface area contributed by atoms with E-state index < -0.39 is 0 Å². The van der Waals surface area contributed by atoms with Gasteiger partial charge in [-0.2, -0.15) is 0 Å². The van der Waals surface area contributed by atoms with Gasteiger partial charge in [-0.15, -0.1) is 0 Å².